The Bertz CT molecular complexity index is 416. The van der Waals surface area contributed by atoms with Crippen LogP contribution in [0.4, 0.5) is 0 Å². The van der Waals surface area contributed by atoms with Crippen LogP contribution in [0.5, 0.6) is 0 Å². The van der Waals surface area contributed by atoms with Gasteiger partial charge in [0.15, 0.2) is 0 Å². The molecule has 4 nitrogen and oxygen atoms in total. The topological polar surface area (TPSA) is 62.6 Å². The molecule has 1 rings (SSSR count). The van der Waals surface area contributed by atoms with E-state index < -0.39 is 6.72 Å². The molecule has 2 N–H and O–H groups in total. The molecule has 0 saturated carbocycles. The Hall–Kier alpha value is -0.320. The fourth-order valence-electron chi connectivity index (χ4n) is 2.79. The van der Waals surface area contributed by atoms with Crippen molar-refractivity contribution in [1.82, 2.24) is 4.98 Å². The zero-order valence-corrected chi connectivity index (χ0v) is 18.8. The Morgan fingerprint density at radius 3 is 1.41 bits per heavy atom. The molecule has 27 heavy (non-hydrogen) atoms. The summed E-state index contributed by atoms with van der Waals surface area (Å²) in [5.41, 5.74) is 0. The summed E-state index contributed by atoms with van der Waals surface area (Å²) in [5.74, 6) is 0. The number of nitrogens with zero attached hydrogens (tertiary/aromatic N) is 1. The van der Waals surface area contributed by atoms with Crippen LogP contribution in [0, 0.1) is 0 Å². The lowest BCUT2D eigenvalue weighted by atomic mass is 10.0. The molecule has 0 unspecified atom stereocenters. The van der Waals surface area contributed by atoms with Crippen molar-refractivity contribution in [3.05, 3.63) is 30.6 Å². The highest BCUT2D eigenvalue weighted by Gasteiger charge is 2.06. The van der Waals surface area contributed by atoms with Gasteiger partial charge in [-0.3, -0.25) is 4.98 Å². The van der Waals surface area contributed by atoms with Gasteiger partial charge in [-0.25, -0.2) is 0 Å². The molecule has 158 valence electrons. The van der Waals surface area contributed by atoms with Crippen LogP contribution in [0.25, 0.3) is 0 Å². The molecule has 1 heterocycles. The zero-order valence-electron chi connectivity index (χ0n) is 17.1. The second-order valence-corrected chi connectivity index (χ2v) is 9.61. The molecule has 0 fully saturated rings. The second kappa shape index (κ2) is 20.4. The van der Waals surface area contributed by atoms with Crippen molar-refractivity contribution in [2.75, 3.05) is 6.61 Å². The number of hydrogen-bond acceptors (Lipinski definition) is 3. The minimum absolute atomic E-state index is 0.377. The fraction of sp³-hybridized carbons (Fsp3) is 0.762. The number of pyridine rings is 1. The summed E-state index contributed by atoms with van der Waals surface area (Å²) in [5, 5.41) is 0. The monoisotopic (exact) mass is 417 g/mol. The molecule has 0 spiro atoms. The first-order valence-corrected chi connectivity index (χ1v) is 13.2. The van der Waals surface area contributed by atoms with Gasteiger partial charge in [-0.1, -0.05) is 96.5 Å². The van der Waals surface area contributed by atoms with Gasteiger partial charge in [0.2, 0.25) is 0 Å². The third-order valence-electron chi connectivity index (χ3n) is 4.32. The van der Waals surface area contributed by atoms with Crippen LogP contribution in [-0.4, -0.2) is 21.4 Å². The van der Waals surface area contributed by atoms with E-state index in [0.29, 0.717) is 6.61 Å². The molecular weight excluding hydrogens is 377 g/mol. The SMILES string of the molecule is CCCCCCCCCCCCCCCCOP(O)(O)=S.c1ccncc1. The lowest BCUT2D eigenvalue weighted by molar-refractivity contribution is 0.245. The van der Waals surface area contributed by atoms with Gasteiger partial charge in [-0.05, 0) is 30.4 Å². The lowest BCUT2D eigenvalue weighted by Gasteiger charge is -2.07. The van der Waals surface area contributed by atoms with Crippen molar-refractivity contribution < 1.29 is 14.3 Å². The van der Waals surface area contributed by atoms with E-state index in [4.69, 9.17) is 14.3 Å². The molecular formula is C21H40NO3PS. The van der Waals surface area contributed by atoms with Crippen LogP contribution < -0.4 is 0 Å². The predicted octanol–water partition coefficient (Wildman–Crippen LogP) is 6.78. The Kier molecular flexibility index (Phi) is 20.2. The first kappa shape index (κ1) is 26.7. The second-order valence-electron chi connectivity index (χ2n) is 6.94. The minimum atomic E-state index is -3.42. The molecule has 0 saturated heterocycles. The maximum Gasteiger partial charge on any atom is 0.321 e. The summed E-state index contributed by atoms with van der Waals surface area (Å²) in [4.78, 5) is 21.5. The molecule has 0 bridgehead atoms. The zero-order chi connectivity index (χ0) is 20.1. The number of aromatic nitrogens is 1. The molecule has 0 radical (unpaired) electrons. The summed E-state index contributed by atoms with van der Waals surface area (Å²) >= 11 is 4.38. The van der Waals surface area contributed by atoms with Crippen molar-refractivity contribution in [3.8, 4) is 0 Å². The fourth-order valence-corrected chi connectivity index (χ4v) is 3.38. The molecule has 6 heteroatoms. The average molecular weight is 418 g/mol. The van der Waals surface area contributed by atoms with E-state index in [0.717, 1.165) is 12.8 Å². The third kappa shape index (κ3) is 25.7. The molecule has 0 aromatic carbocycles. The van der Waals surface area contributed by atoms with Gasteiger partial charge in [-0.15, -0.1) is 0 Å². The Morgan fingerprint density at radius 1 is 0.704 bits per heavy atom. The van der Waals surface area contributed by atoms with E-state index in [1.807, 2.05) is 18.2 Å². The predicted molar refractivity (Wildman–Crippen MR) is 119 cm³/mol. The number of unbranched alkanes of at least 4 members (excludes halogenated alkanes) is 13. The lowest BCUT2D eigenvalue weighted by Crippen LogP contribution is -1.92. The van der Waals surface area contributed by atoms with Gasteiger partial charge in [0.05, 0.1) is 6.61 Å². The Balaban J connectivity index is 0.000000941. The minimum Gasteiger partial charge on any atom is -0.325 e. The van der Waals surface area contributed by atoms with Gasteiger partial charge in [-0.2, -0.15) is 0 Å². The summed E-state index contributed by atoms with van der Waals surface area (Å²) in [6.45, 7) is -0.778. The molecule has 0 aliphatic heterocycles. The highest BCUT2D eigenvalue weighted by Crippen LogP contribution is 2.36. The van der Waals surface area contributed by atoms with Crippen LogP contribution in [0.15, 0.2) is 30.6 Å². The summed E-state index contributed by atoms with van der Waals surface area (Å²) < 4.78 is 4.77. The van der Waals surface area contributed by atoms with Crippen molar-refractivity contribution in [2.45, 2.75) is 96.8 Å². The molecule has 0 amide bonds. The van der Waals surface area contributed by atoms with Crippen LogP contribution in [0.1, 0.15) is 96.8 Å². The van der Waals surface area contributed by atoms with E-state index in [1.54, 1.807) is 12.4 Å². The highest BCUT2D eigenvalue weighted by molar-refractivity contribution is 8.06. The smallest absolute Gasteiger partial charge is 0.321 e. The standard InChI is InChI=1S/C16H35O3PS.C5H5N/c1-2-3-4-5-6-7-8-9-10-11-12-13-14-15-16-19-20(17,18)21;1-2-4-6-5-3-1/h2-16H2,1H3,(H2,17,18,21);1-5H. The molecule has 0 aliphatic carbocycles. The average Bonchev–Trinajstić information content (AvgIpc) is 2.66. The van der Waals surface area contributed by atoms with E-state index >= 15 is 0 Å². The summed E-state index contributed by atoms with van der Waals surface area (Å²) in [7, 11) is 0. The Labute approximate surface area is 172 Å². The van der Waals surface area contributed by atoms with Crippen molar-refractivity contribution >= 4 is 18.5 Å². The van der Waals surface area contributed by atoms with E-state index in [1.165, 1.54) is 77.0 Å². The normalized spacial score (nSPS) is 11.1. The van der Waals surface area contributed by atoms with Crippen molar-refractivity contribution in [3.63, 3.8) is 0 Å². The Morgan fingerprint density at radius 2 is 1.11 bits per heavy atom. The summed E-state index contributed by atoms with van der Waals surface area (Å²) in [6, 6.07) is 5.72. The number of hydrogen-bond donors (Lipinski definition) is 2. The van der Waals surface area contributed by atoms with Crippen LogP contribution >= 0.6 is 6.72 Å². The highest BCUT2D eigenvalue weighted by atomic mass is 32.5. The first-order valence-electron chi connectivity index (χ1n) is 10.6. The van der Waals surface area contributed by atoms with Gasteiger partial charge in [0.1, 0.15) is 0 Å². The van der Waals surface area contributed by atoms with Gasteiger partial charge < -0.3 is 14.3 Å². The summed E-state index contributed by atoms with van der Waals surface area (Å²) in [6.07, 6.45) is 21.8. The first-order chi connectivity index (χ1) is 13.1. The molecule has 1 aromatic heterocycles. The molecule has 1 aromatic rings. The van der Waals surface area contributed by atoms with Crippen LogP contribution in [0.2, 0.25) is 0 Å². The third-order valence-corrected chi connectivity index (χ3v) is 5.16. The van der Waals surface area contributed by atoms with Gasteiger partial charge >= 0.3 is 6.72 Å². The van der Waals surface area contributed by atoms with E-state index in [9.17, 15) is 0 Å². The van der Waals surface area contributed by atoms with Gasteiger partial charge in [0.25, 0.3) is 0 Å². The van der Waals surface area contributed by atoms with Crippen LogP contribution in [-0.2, 0) is 16.3 Å². The maximum atomic E-state index is 8.88. The van der Waals surface area contributed by atoms with Crippen LogP contribution in [0.3, 0.4) is 0 Å². The maximum absolute atomic E-state index is 8.88. The van der Waals surface area contributed by atoms with Gasteiger partial charge in [0, 0.05) is 12.4 Å². The largest absolute Gasteiger partial charge is 0.325 e. The number of rotatable bonds is 16. The van der Waals surface area contributed by atoms with Crippen molar-refractivity contribution in [2.24, 2.45) is 0 Å². The molecule has 0 aliphatic rings. The van der Waals surface area contributed by atoms with E-state index in [-0.39, 0.29) is 0 Å². The molecule has 0 atom stereocenters. The van der Waals surface area contributed by atoms with E-state index in [2.05, 4.69) is 23.7 Å². The quantitative estimate of drug-likeness (QED) is 0.229. The van der Waals surface area contributed by atoms with Crippen molar-refractivity contribution in [1.29, 1.82) is 0 Å².